The Hall–Kier alpha value is -2.95. The van der Waals surface area contributed by atoms with Crippen molar-refractivity contribution in [2.24, 2.45) is 0 Å². The molecule has 4 nitrogen and oxygen atoms in total. The van der Waals surface area contributed by atoms with Crippen molar-refractivity contribution in [3.8, 4) is 12.1 Å². The topological polar surface area (TPSA) is 73.9 Å². The minimum Gasteiger partial charge on any atom is -0.422 e. The summed E-state index contributed by atoms with van der Waals surface area (Å²) < 4.78 is 82.4. The highest BCUT2D eigenvalue weighted by atomic mass is 35.5. The van der Waals surface area contributed by atoms with Gasteiger partial charge in [0.15, 0.2) is 0 Å². The highest BCUT2D eigenvalue weighted by molar-refractivity contribution is 6.33. The lowest BCUT2D eigenvalue weighted by Crippen LogP contribution is -2.30. The van der Waals surface area contributed by atoms with E-state index in [1.165, 1.54) is 12.1 Å². The summed E-state index contributed by atoms with van der Waals surface area (Å²) in [6.45, 7) is 0. The Bertz CT molecular complexity index is 1070. The Morgan fingerprint density at radius 3 is 1.77 bits per heavy atom. The van der Waals surface area contributed by atoms with Gasteiger partial charge in [0.05, 0.1) is 26.7 Å². The fourth-order valence-corrected chi connectivity index (χ4v) is 2.71. The summed E-state index contributed by atoms with van der Waals surface area (Å²) in [5, 5.41) is 17.8. The molecule has 0 amide bonds. The van der Waals surface area contributed by atoms with Gasteiger partial charge < -0.3 is 4.74 Å². The molecule has 30 heavy (non-hydrogen) atoms. The van der Waals surface area contributed by atoms with Gasteiger partial charge in [-0.15, -0.1) is 0 Å². The number of nitriles is 2. The van der Waals surface area contributed by atoms with Gasteiger partial charge >= 0.3 is 23.9 Å². The number of rotatable bonds is 3. The molecule has 0 atom stereocenters. The molecule has 0 saturated heterocycles. The number of hydrogen-bond acceptors (Lipinski definition) is 4. The van der Waals surface area contributed by atoms with Crippen molar-refractivity contribution >= 4 is 29.2 Å². The van der Waals surface area contributed by atoms with Crippen LogP contribution >= 0.6 is 23.2 Å². The molecule has 0 N–H and O–H groups in total. The Morgan fingerprint density at radius 2 is 1.30 bits per heavy atom. The standard InChI is InChI=1S/C18H6Cl2F6N2O2/c19-13-3-1-9(17(21,22)23)5-11(13)15(29)30-16(7-27,8-28)12-6-10(18(24,25)26)2-4-14(12)20/h1-6H. The van der Waals surface area contributed by atoms with E-state index in [2.05, 4.69) is 0 Å². The van der Waals surface area contributed by atoms with Gasteiger partial charge in [-0.3, -0.25) is 0 Å². The second kappa shape index (κ2) is 8.05. The molecule has 12 heteroatoms. The van der Waals surface area contributed by atoms with Crippen LogP contribution in [0.2, 0.25) is 10.0 Å². The Labute approximate surface area is 174 Å². The summed E-state index contributed by atoms with van der Waals surface area (Å²) in [6, 6.07) is 5.74. The number of benzene rings is 2. The van der Waals surface area contributed by atoms with Crippen LogP contribution in [-0.4, -0.2) is 5.97 Å². The van der Waals surface area contributed by atoms with Gasteiger partial charge in [0.1, 0.15) is 12.1 Å². The van der Waals surface area contributed by atoms with Gasteiger partial charge in [-0.05, 0) is 36.4 Å². The molecular formula is C18H6Cl2F6N2O2. The number of hydrogen-bond donors (Lipinski definition) is 0. The minimum atomic E-state index is -4.88. The maximum Gasteiger partial charge on any atom is 0.416 e. The lowest BCUT2D eigenvalue weighted by molar-refractivity contribution is -0.138. The maximum absolute atomic E-state index is 13.0. The van der Waals surface area contributed by atoms with Gasteiger partial charge in [0.25, 0.3) is 0 Å². The normalized spacial score (nSPS) is 12.1. The van der Waals surface area contributed by atoms with Crippen LogP contribution in [0.15, 0.2) is 36.4 Å². The van der Waals surface area contributed by atoms with Crippen LogP contribution in [0.1, 0.15) is 27.0 Å². The molecule has 2 aromatic carbocycles. The van der Waals surface area contributed by atoms with E-state index in [1.807, 2.05) is 0 Å². The molecule has 0 heterocycles. The molecule has 156 valence electrons. The first-order chi connectivity index (χ1) is 13.7. The quantitative estimate of drug-likeness (QED) is 0.402. The molecule has 0 bridgehead atoms. The van der Waals surface area contributed by atoms with Crippen LogP contribution < -0.4 is 0 Å². The lowest BCUT2D eigenvalue weighted by atomic mass is 9.94. The number of ether oxygens (including phenoxy) is 1. The van der Waals surface area contributed by atoms with E-state index in [4.69, 9.17) is 27.9 Å². The average Bonchev–Trinajstić information content (AvgIpc) is 2.65. The van der Waals surface area contributed by atoms with Crippen molar-refractivity contribution in [1.82, 2.24) is 0 Å². The van der Waals surface area contributed by atoms with E-state index in [9.17, 15) is 41.7 Å². The second-order valence-electron chi connectivity index (χ2n) is 5.68. The van der Waals surface area contributed by atoms with E-state index >= 15 is 0 Å². The zero-order valence-electron chi connectivity index (χ0n) is 14.2. The molecule has 0 unspecified atom stereocenters. The van der Waals surface area contributed by atoms with Crippen LogP contribution in [0.5, 0.6) is 0 Å². The molecule has 0 radical (unpaired) electrons. The van der Waals surface area contributed by atoms with Crippen LogP contribution in [-0.2, 0) is 22.7 Å². The number of carbonyl (C=O) groups is 1. The largest absolute Gasteiger partial charge is 0.422 e. The number of nitrogens with zero attached hydrogens (tertiary/aromatic N) is 2. The molecule has 0 aromatic heterocycles. The molecule has 0 saturated carbocycles. The SMILES string of the molecule is N#CC(C#N)(OC(=O)c1cc(C(F)(F)F)ccc1Cl)c1cc(C(F)(F)F)ccc1Cl. The van der Waals surface area contributed by atoms with Gasteiger partial charge in [-0.25, -0.2) is 4.79 Å². The zero-order chi connectivity index (χ0) is 22.9. The Morgan fingerprint density at radius 1 is 0.833 bits per heavy atom. The molecule has 0 fully saturated rings. The number of halogens is 8. The average molecular weight is 467 g/mol. The molecule has 0 aliphatic heterocycles. The highest BCUT2D eigenvalue weighted by Gasteiger charge is 2.42. The first-order valence-electron chi connectivity index (χ1n) is 7.55. The third kappa shape index (κ3) is 4.61. The summed E-state index contributed by atoms with van der Waals surface area (Å²) >= 11 is 11.5. The van der Waals surface area contributed by atoms with E-state index in [-0.39, 0.29) is 0 Å². The van der Waals surface area contributed by atoms with Gasteiger partial charge in [-0.1, -0.05) is 23.2 Å². The number of esters is 1. The highest BCUT2D eigenvalue weighted by Crippen LogP contribution is 2.38. The van der Waals surface area contributed by atoms with Crippen LogP contribution in [0.3, 0.4) is 0 Å². The van der Waals surface area contributed by atoms with E-state index in [0.29, 0.717) is 24.3 Å². The maximum atomic E-state index is 13.0. The van der Waals surface area contributed by atoms with Crippen molar-refractivity contribution in [2.75, 3.05) is 0 Å². The summed E-state index contributed by atoms with van der Waals surface area (Å²) in [4.78, 5) is 12.4. The predicted octanol–water partition coefficient (Wildman–Crippen LogP) is 6.13. The van der Waals surface area contributed by atoms with E-state index < -0.39 is 56.2 Å². The van der Waals surface area contributed by atoms with Gasteiger partial charge in [0, 0.05) is 5.56 Å². The van der Waals surface area contributed by atoms with Gasteiger partial charge in [0.2, 0.25) is 0 Å². The predicted molar refractivity (Wildman–Crippen MR) is 91.2 cm³/mol. The van der Waals surface area contributed by atoms with Crippen LogP contribution in [0.25, 0.3) is 0 Å². The van der Waals surface area contributed by atoms with Crippen LogP contribution in [0, 0.1) is 22.7 Å². The molecule has 2 aromatic rings. The zero-order valence-corrected chi connectivity index (χ0v) is 15.7. The van der Waals surface area contributed by atoms with Crippen molar-refractivity contribution in [3.63, 3.8) is 0 Å². The number of carbonyl (C=O) groups excluding carboxylic acids is 1. The summed E-state index contributed by atoms with van der Waals surface area (Å²) in [7, 11) is 0. The van der Waals surface area contributed by atoms with Crippen molar-refractivity contribution in [3.05, 3.63) is 68.7 Å². The van der Waals surface area contributed by atoms with Crippen molar-refractivity contribution in [2.45, 2.75) is 18.0 Å². The Kier molecular flexibility index (Phi) is 6.26. The molecule has 0 spiro atoms. The monoisotopic (exact) mass is 466 g/mol. The smallest absolute Gasteiger partial charge is 0.416 e. The molecule has 0 aliphatic carbocycles. The second-order valence-corrected chi connectivity index (χ2v) is 6.49. The third-order valence-electron chi connectivity index (χ3n) is 3.75. The summed E-state index contributed by atoms with van der Waals surface area (Å²) in [6.07, 6.45) is -9.74. The molecule has 2 rings (SSSR count). The van der Waals surface area contributed by atoms with E-state index in [1.54, 1.807) is 0 Å². The first kappa shape index (κ1) is 23.3. The minimum absolute atomic E-state index is 0.317. The lowest BCUT2D eigenvalue weighted by Gasteiger charge is -2.22. The van der Waals surface area contributed by atoms with E-state index in [0.717, 1.165) is 12.1 Å². The fraction of sp³-hybridized carbons (Fsp3) is 0.167. The molecule has 0 aliphatic rings. The summed E-state index contributed by atoms with van der Waals surface area (Å²) in [5.41, 5.74) is -7.25. The summed E-state index contributed by atoms with van der Waals surface area (Å²) in [5.74, 6) is -1.65. The fourth-order valence-electron chi connectivity index (χ4n) is 2.27. The van der Waals surface area contributed by atoms with Crippen LogP contribution in [0.4, 0.5) is 26.3 Å². The number of alkyl halides is 6. The van der Waals surface area contributed by atoms with Crippen molar-refractivity contribution in [1.29, 1.82) is 10.5 Å². The van der Waals surface area contributed by atoms with Crippen molar-refractivity contribution < 1.29 is 35.9 Å². The third-order valence-corrected chi connectivity index (χ3v) is 4.41. The first-order valence-corrected chi connectivity index (χ1v) is 8.30. The molecular weight excluding hydrogens is 461 g/mol. The Balaban J connectivity index is 2.58. The van der Waals surface area contributed by atoms with Gasteiger partial charge in [-0.2, -0.15) is 36.9 Å².